The van der Waals surface area contributed by atoms with E-state index in [0.717, 1.165) is 89.9 Å². The predicted octanol–water partition coefficient (Wildman–Crippen LogP) is 15.7. The topological polar surface area (TPSA) is 161 Å². The zero-order valence-corrected chi connectivity index (χ0v) is 48.6. The minimum Gasteiger partial charge on any atom is -0.463 e. The summed E-state index contributed by atoms with van der Waals surface area (Å²) in [7, 11) is 1.34. The van der Waals surface area contributed by atoms with Gasteiger partial charge in [0.1, 0.15) is 19.8 Å². The van der Waals surface area contributed by atoms with Crippen LogP contribution in [0.2, 0.25) is 0 Å². The molecule has 0 aliphatic carbocycles. The van der Waals surface area contributed by atoms with Crippen molar-refractivity contribution >= 4 is 31.7 Å². The molecule has 74 heavy (non-hydrogen) atoms. The van der Waals surface area contributed by atoms with E-state index in [1.807, 2.05) is 33.3 Å². The monoisotopic (exact) mass is 1070 g/mol. The standard InChI is InChI=1S/C60H108NO12P/c1-6-8-10-12-14-16-18-20-22-24-28-34-40-46-57(62)68-51-44-38-32-26-30-36-42-48-59(64)70-54-56(55-72-74(66,67)71-53-50-61(3,4)5)73-60(65)49-43-37-31-27-33-39-45-52-69-58(63)47-41-35-29-25-23-21-19-17-15-13-11-9-7-2/h28-29,34-35,40-41,46-47,56H,6-27,30-33,36-39,42-45,48-55H2,1-5H3/p+1/b34-28+,35-29+,46-40+,47-41+/t56-/m1/s1. The van der Waals surface area contributed by atoms with Crippen LogP contribution in [0.1, 0.15) is 245 Å². The summed E-state index contributed by atoms with van der Waals surface area (Å²) in [4.78, 5) is 59.7. The number of phosphoric ester groups is 1. The summed E-state index contributed by atoms with van der Waals surface area (Å²) in [5.41, 5.74) is 0. The molecule has 0 aliphatic rings. The van der Waals surface area contributed by atoms with Crippen LogP contribution in [0.25, 0.3) is 0 Å². The van der Waals surface area contributed by atoms with Crippen molar-refractivity contribution in [3.05, 3.63) is 48.6 Å². The highest BCUT2D eigenvalue weighted by Gasteiger charge is 2.27. The van der Waals surface area contributed by atoms with Gasteiger partial charge in [-0.1, -0.05) is 217 Å². The summed E-state index contributed by atoms with van der Waals surface area (Å²) in [6.45, 7) is 4.99. The van der Waals surface area contributed by atoms with Crippen LogP contribution >= 0.6 is 7.82 Å². The van der Waals surface area contributed by atoms with Gasteiger partial charge in [-0.2, -0.15) is 0 Å². The van der Waals surface area contributed by atoms with Crippen molar-refractivity contribution in [1.29, 1.82) is 0 Å². The molecule has 0 radical (unpaired) electrons. The number of carbonyl (C=O) groups is 4. The number of quaternary nitrogens is 1. The van der Waals surface area contributed by atoms with Gasteiger partial charge in [0.25, 0.3) is 0 Å². The third-order valence-corrected chi connectivity index (χ3v) is 13.6. The summed E-state index contributed by atoms with van der Waals surface area (Å²) in [5.74, 6) is -1.58. The zero-order chi connectivity index (χ0) is 54.5. The van der Waals surface area contributed by atoms with Gasteiger partial charge < -0.3 is 28.3 Å². The lowest BCUT2D eigenvalue weighted by molar-refractivity contribution is -0.870. The van der Waals surface area contributed by atoms with Gasteiger partial charge in [-0.05, 0) is 51.4 Å². The van der Waals surface area contributed by atoms with E-state index < -0.39 is 32.5 Å². The highest BCUT2D eigenvalue weighted by molar-refractivity contribution is 7.47. The van der Waals surface area contributed by atoms with Crippen molar-refractivity contribution in [2.24, 2.45) is 0 Å². The van der Waals surface area contributed by atoms with Gasteiger partial charge in [0.2, 0.25) is 0 Å². The van der Waals surface area contributed by atoms with E-state index in [2.05, 4.69) is 26.0 Å². The number of carbonyl (C=O) groups excluding carboxylic acids is 4. The molecule has 0 aromatic heterocycles. The lowest BCUT2D eigenvalue weighted by Gasteiger charge is -2.24. The Morgan fingerprint density at radius 2 is 0.824 bits per heavy atom. The number of rotatable bonds is 54. The predicted molar refractivity (Wildman–Crippen MR) is 302 cm³/mol. The first-order valence-electron chi connectivity index (χ1n) is 29.5. The highest BCUT2D eigenvalue weighted by Crippen LogP contribution is 2.43. The Bertz CT molecular complexity index is 1520. The Balaban J connectivity index is 4.28. The van der Waals surface area contributed by atoms with Crippen LogP contribution < -0.4 is 0 Å². The number of unbranched alkanes of at least 4 members (excludes halogenated alkanes) is 30. The molecule has 0 aromatic rings. The van der Waals surface area contributed by atoms with Gasteiger partial charge in [0, 0.05) is 25.0 Å². The second-order valence-corrected chi connectivity index (χ2v) is 22.5. The van der Waals surface area contributed by atoms with Gasteiger partial charge in [0.05, 0.1) is 41.0 Å². The fraction of sp³-hybridized carbons (Fsp3) is 0.800. The molecule has 2 atom stereocenters. The molecular weight excluding hydrogens is 958 g/mol. The molecule has 0 bridgehead atoms. The maximum absolute atomic E-state index is 12.8. The maximum atomic E-state index is 12.8. The molecular formula is C60H109NO12P+. The van der Waals surface area contributed by atoms with E-state index >= 15 is 0 Å². The normalized spacial score (nSPS) is 13.3. The minimum atomic E-state index is -4.44. The number of hydrogen-bond donors (Lipinski definition) is 1. The van der Waals surface area contributed by atoms with Crippen LogP contribution in [0.5, 0.6) is 0 Å². The van der Waals surface area contributed by atoms with Crippen LogP contribution in [-0.4, -0.2) is 100 Å². The quantitative estimate of drug-likeness (QED) is 0.0117. The molecule has 1 N–H and O–H groups in total. The average molecular weight is 1070 g/mol. The summed E-state index contributed by atoms with van der Waals surface area (Å²) in [5, 5.41) is 0. The highest BCUT2D eigenvalue weighted by atomic mass is 31.2. The smallest absolute Gasteiger partial charge is 0.463 e. The van der Waals surface area contributed by atoms with Crippen molar-refractivity contribution in [3.63, 3.8) is 0 Å². The Kier molecular flexibility index (Phi) is 49.8. The van der Waals surface area contributed by atoms with Gasteiger partial charge in [-0.15, -0.1) is 0 Å². The van der Waals surface area contributed by atoms with E-state index in [9.17, 15) is 28.6 Å². The third-order valence-electron chi connectivity index (χ3n) is 12.6. The van der Waals surface area contributed by atoms with E-state index in [1.54, 1.807) is 12.2 Å². The molecule has 0 heterocycles. The Hall–Kier alpha value is -3.09. The number of likely N-dealkylation sites (N-methyl/N-ethyl adjacent to an activating group) is 1. The Morgan fingerprint density at radius 3 is 1.24 bits per heavy atom. The Labute approximate surface area is 451 Å². The second kappa shape index (κ2) is 52.0. The summed E-state index contributed by atoms with van der Waals surface area (Å²) in [6.07, 6.45) is 51.9. The molecule has 0 rings (SSSR count). The fourth-order valence-electron chi connectivity index (χ4n) is 7.98. The van der Waals surface area contributed by atoms with Crippen LogP contribution in [0.4, 0.5) is 0 Å². The van der Waals surface area contributed by atoms with E-state index in [0.29, 0.717) is 37.1 Å². The third kappa shape index (κ3) is 55.2. The van der Waals surface area contributed by atoms with Crippen molar-refractivity contribution in [2.75, 3.05) is 60.7 Å². The molecule has 1 unspecified atom stereocenters. The number of esters is 4. The van der Waals surface area contributed by atoms with Crippen LogP contribution in [-0.2, 0) is 51.7 Å². The molecule has 0 aromatic carbocycles. The summed E-state index contributed by atoms with van der Waals surface area (Å²) in [6, 6.07) is 0. The molecule has 14 heteroatoms. The number of phosphoric acid groups is 1. The van der Waals surface area contributed by atoms with Crippen LogP contribution in [0.15, 0.2) is 48.6 Å². The van der Waals surface area contributed by atoms with Gasteiger partial charge in [-0.25, -0.2) is 14.2 Å². The van der Waals surface area contributed by atoms with Crippen LogP contribution in [0.3, 0.4) is 0 Å². The average Bonchev–Trinajstić information content (AvgIpc) is 3.35. The summed E-state index contributed by atoms with van der Waals surface area (Å²) < 4.78 is 45.0. The van der Waals surface area contributed by atoms with Crippen molar-refractivity contribution in [3.8, 4) is 0 Å². The molecule has 430 valence electrons. The van der Waals surface area contributed by atoms with Gasteiger partial charge in [0.15, 0.2) is 6.10 Å². The molecule has 0 fully saturated rings. The molecule has 13 nitrogen and oxygen atoms in total. The SMILES string of the molecule is CCCCCCCCCCC/C=C/C=C/C(=O)OCCCCCCCCCC(=O)OC[C@H](COP(=O)(O)OCC[N+](C)(C)C)OC(=O)CCCCCCCCCOC(=O)/C=C/C=C/CCCCCCCCCCC. The molecule has 0 spiro atoms. The lowest BCUT2D eigenvalue weighted by atomic mass is 10.1. The Morgan fingerprint density at radius 1 is 0.446 bits per heavy atom. The summed E-state index contributed by atoms with van der Waals surface area (Å²) >= 11 is 0. The van der Waals surface area contributed by atoms with Gasteiger partial charge >= 0.3 is 31.7 Å². The molecule has 0 aliphatic heterocycles. The second-order valence-electron chi connectivity index (χ2n) is 21.0. The van der Waals surface area contributed by atoms with Crippen LogP contribution in [0, 0.1) is 0 Å². The number of ether oxygens (including phenoxy) is 4. The fourth-order valence-corrected chi connectivity index (χ4v) is 8.72. The first-order chi connectivity index (χ1) is 35.8. The molecule has 0 amide bonds. The number of allylic oxidation sites excluding steroid dienone is 6. The largest absolute Gasteiger partial charge is 0.472 e. The van der Waals surface area contributed by atoms with E-state index in [-0.39, 0.29) is 38.0 Å². The number of nitrogens with zero attached hydrogens (tertiary/aromatic N) is 1. The van der Waals surface area contributed by atoms with Crippen molar-refractivity contribution in [2.45, 2.75) is 251 Å². The van der Waals surface area contributed by atoms with Gasteiger partial charge in [-0.3, -0.25) is 18.6 Å². The van der Waals surface area contributed by atoms with Crippen molar-refractivity contribution in [1.82, 2.24) is 0 Å². The first kappa shape index (κ1) is 70.9. The number of hydrogen-bond acceptors (Lipinski definition) is 11. The first-order valence-corrected chi connectivity index (χ1v) is 31.0. The maximum Gasteiger partial charge on any atom is 0.472 e. The lowest BCUT2D eigenvalue weighted by Crippen LogP contribution is -2.37. The van der Waals surface area contributed by atoms with E-state index in [4.69, 9.17) is 28.0 Å². The van der Waals surface area contributed by atoms with Crippen molar-refractivity contribution < 1.29 is 61.1 Å². The molecule has 0 saturated carbocycles. The molecule has 0 saturated heterocycles. The van der Waals surface area contributed by atoms with E-state index in [1.165, 1.54) is 128 Å². The zero-order valence-electron chi connectivity index (χ0n) is 47.7. The minimum absolute atomic E-state index is 0.00959.